The second-order valence-corrected chi connectivity index (χ2v) is 6.25. The Hall–Kier alpha value is -1.24. The minimum absolute atomic E-state index is 0.132. The Morgan fingerprint density at radius 3 is 2.42 bits per heavy atom. The van der Waals surface area contributed by atoms with Gasteiger partial charge in [-0.1, -0.05) is 6.92 Å². The summed E-state index contributed by atoms with van der Waals surface area (Å²) < 4.78 is 0. The number of nitrogens with one attached hydrogen (secondary N) is 2. The molecule has 0 aromatic carbocycles. The lowest BCUT2D eigenvalue weighted by atomic mass is 10.0. The molecule has 7 heteroatoms. The molecule has 0 heterocycles. The van der Waals surface area contributed by atoms with E-state index < -0.39 is 12.0 Å². The van der Waals surface area contributed by atoms with Gasteiger partial charge in [-0.15, -0.1) is 11.8 Å². The summed E-state index contributed by atoms with van der Waals surface area (Å²) in [5.41, 5.74) is -0.279. The summed E-state index contributed by atoms with van der Waals surface area (Å²) in [5.74, 6) is -1.09. The normalized spacial score (nSPS) is 14.3. The first kappa shape index (κ1) is 17.8. The Bertz CT molecular complexity index is 334. The van der Waals surface area contributed by atoms with Crippen LogP contribution in [0.3, 0.4) is 0 Å². The smallest absolute Gasteiger partial charge is 0.327 e. The van der Waals surface area contributed by atoms with Gasteiger partial charge >= 0.3 is 5.97 Å². The topological polar surface area (TPSA) is 95.5 Å². The second kappa shape index (κ2) is 8.04. The number of carbonyl (C=O) groups is 3. The van der Waals surface area contributed by atoms with Gasteiger partial charge in [-0.05, 0) is 27.2 Å². The maximum Gasteiger partial charge on any atom is 0.327 e. The Morgan fingerprint density at radius 1 is 1.42 bits per heavy atom. The molecule has 6 nitrogen and oxygen atoms in total. The molecular formula is C12H22N2O4S. The van der Waals surface area contributed by atoms with Gasteiger partial charge in [-0.2, -0.15) is 0 Å². The van der Waals surface area contributed by atoms with Crippen LogP contribution in [-0.2, 0) is 14.4 Å². The molecule has 2 atom stereocenters. The summed E-state index contributed by atoms with van der Waals surface area (Å²) in [6.45, 7) is 7.55. The summed E-state index contributed by atoms with van der Waals surface area (Å²) in [5, 5.41) is 13.6. The van der Waals surface area contributed by atoms with Crippen LogP contribution in [-0.4, -0.2) is 46.0 Å². The fourth-order valence-corrected chi connectivity index (χ4v) is 2.04. The Balaban J connectivity index is 4.29. The zero-order valence-corrected chi connectivity index (χ0v) is 12.5. The average Bonchev–Trinajstić information content (AvgIpc) is 2.33. The lowest BCUT2D eigenvalue weighted by Crippen LogP contribution is -2.46. The summed E-state index contributed by atoms with van der Waals surface area (Å²) >= 11 is 1.20. The van der Waals surface area contributed by atoms with Crippen LogP contribution in [0.2, 0.25) is 0 Å². The first-order valence-electron chi connectivity index (χ1n) is 6.09. The van der Waals surface area contributed by atoms with E-state index >= 15 is 0 Å². The van der Waals surface area contributed by atoms with Gasteiger partial charge in [0.15, 0.2) is 0 Å². The number of aliphatic carboxylic acids is 1. The van der Waals surface area contributed by atoms with E-state index in [1.54, 1.807) is 6.92 Å². The summed E-state index contributed by atoms with van der Waals surface area (Å²) in [6.07, 6.45) is 1.16. The first-order valence-corrected chi connectivity index (χ1v) is 7.14. The fourth-order valence-electron chi connectivity index (χ4n) is 1.11. The third kappa shape index (κ3) is 7.05. The van der Waals surface area contributed by atoms with Gasteiger partial charge in [0.2, 0.25) is 12.3 Å². The molecule has 2 amide bonds. The van der Waals surface area contributed by atoms with E-state index in [4.69, 9.17) is 5.11 Å². The highest BCUT2D eigenvalue weighted by atomic mass is 32.2. The quantitative estimate of drug-likeness (QED) is 0.541. The van der Waals surface area contributed by atoms with Crippen molar-refractivity contribution in [2.45, 2.75) is 50.9 Å². The maximum atomic E-state index is 11.9. The van der Waals surface area contributed by atoms with Crippen molar-refractivity contribution >= 4 is 30.0 Å². The van der Waals surface area contributed by atoms with Crippen molar-refractivity contribution in [2.24, 2.45) is 0 Å². The number of thioether (sulfide) groups is 1. The van der Waals surface area contributed by atoms with Crippen molar-refractivity contribution in [3.05, 3.63) is 0 Å². The van der Waals surface area contributed by atoms with E-state index in [1.807, 2.05) is 20.8 Å². The van der Waals surface area contributed by atoms with E-state index in [2.05, 4.69) is 10.6 Å². The molecule has 0 bridgehead atoms. The molecule has 0 aliphatic heterocycles. The SMILES string of the molecule is CCC(C)(C)NC(=O)C(C)SCC(NC=O)C(=O)O. The molecule has 0 aromatic rings. The van der Waals surface area contributed by atoms with Gasteiger partial charge in [0.1, 0.15) is 6.04 Å². The summed E-state index contributed by atoms with van der Waals surface area (Å²) in [7, 11) is 0. The van der Waals surface area contributed by atoms with Crippen molar-refractivity contribution in [1.82, 2.24) is 10.6 Å². The lowest BCUT2D eigenvalue weighted by molar-refractivity contribution is -0.139. The van der Waals surface area contributed by atoms with Crippen LogP contribution in [0.5, 0.6) is 0 Å². The molecule has 3 N–H and O–H groups in total. The van der Waals surface area contributed by atoms with Gasteiger partial charge in [-0.25, -0.2) is 4.79 Å². The van der Waals surface area contributed by atoms with Crippen molar-refractivity contribution in [1.29, 1.82) is 0 Å². The number of carboxylic acid groups (broad SMARTS) is 1. The molecule has 110 valence electrons. The lowest BCUT2D eigenvalue weighted by Gasteiger charge is -2.26. The monoisotopic (exact) mass is 290 g/mol. The van der Waals surface area contributed by atoms with Crippen molar-refractivity contribution in [3.8, 4) is 0 Å². The van der Waals surface area contributed by atoms with Crippen molar-refractivity contribution in [3.63, 3.8) is 0 Å². The predicted octanol–water partition coefficient (Wildman–Crippen LogP) is 0.612. The third-order valence-corrected chi connectivity index (χ3v) is 4.03. The van der Waals surface area contributed by atoms with Gasteiger partial charge in [-0.3, -0.25) is 9.59 Å². The highest BCUT2D eigenvalue weighted by Gasteiger charge is 2.24. The molecule has 0 fully saturated rings. The van der Waals surface area contributed by atoms with E-state index in [0.717, 1.165) is 6.42 Å². The highest BCUT2D eigenvalue weighted by Crippen LogP contribution is 2.15. The van der Waals surface area contributed by atoms with Crippen LogP contribution >= 0.6 is 11.8 Å². The van der Waals surface area contributed by atoms with E-state index in [9.17, 15) is 14.4 Å². The van der Waals surface area contributed by atoms with Gasteiger partial charge < -0.3 is 15.7 Å². The molecule has 2 unspecified atom stereocenters. The van der Waals surface area contributed by atoms with E-state index in [-0.39, 0.29) is 22.4 Å². The molecule has 0 spiro atoms. The van der Waals surface area contributed by atoms with Gasteiger partial charge in [0, 0.05) is 11.3 Å². The van der Waals surface area contributed by atoms with E-state index in [0.29, 0.717) is 6.41 Å². The number of carbonyl (C=O) groups excluding carboxylic acids is 2. The summed E-state index contributed by atoms with van der Waals surface area (Å²) in [6, 6.07) is -0.975. The van der Waals surface area contributed by atoms with Crippen LogP contribution in [0.1, 0.15) is 34.1 Å². The van der Waals surface area contributed by atoms with Crippen LogP contribution in [0.15, 0.2) is 0 Å². The maximum absolute atomic E-state index is 11.9. The zero-order valence-electron chi connectivity index (χ0n) is 11.7. The first-order chi connectivity index (χ1) is 8.73. The van der Waals surface area contributed by atoms with E-state index in [1.165, 1.54) is 11.8 Å². The number of carboxylic acids is 1. The number of rotatable bonds is 9. The number of hydrogen-bond acceptors (Lipinski definition) is 4. The molecular weight excluding hydrogens is 268 g/mol. The summed E-state index contributed by atoms with van der Waals surface area (Å²) in [4.78, 5) is 33.0. The molecule has 19 heavy (non-hydrogen) atoms. The average molecular weight is 290 g/mol. The van der Waals surface area contributed by atoms with Crippen molar-refractivity contribution in [2.75, 3.05) is 5.75 Å². The fraction of sp³-hybridized carbons (Fsp3) is 0.750. The van der Waals surface area contributed by atoms with Gasteiger partial charge in [0.05, 0.1) is 5.25 Å². The Labute approximate surface area is 117 Å². The van der Waals surface area contributed by atoms with Crippen molar-refractivity contribution < 1.29 is 19.5 Å². The zero-order chi connectivity index (χ0) is 15.1. The predicted molar refractivity (Wildman–Crippen MR) is 75.1 cm³/mol. The van der Waals surface area contributed by atoms with Crippen LogP contribution in [0.25, 0.3) is 0 Å². The largest absolute Gasteiger partial charge is 0.480 e. The second-order valence-electron chi connectivity index (χ2n) is 4.88. The molecule has 0 aromatic heterocycles. The molecule has 0 saturated heterocycles. The number of amides is 2. The highest BCUT2D eigenvalue weighted by molar-refractivity contribution is 8.00. The molecule has 0 rings (SSSR count). The van der Waals surface area contributed by atoms with Gasteiger partial charge in [0.25, 0.3) is 0 Å². The Kier molecular flexibility index (Phi) is 7.51. The van der Waals surface area contributed by atoms with Crippen LogP contribution in [0.4, 0.5) is 0 Å². The molecule has 0 saturated carbocycles. The molecule has 0 radical (unpaired) electrons. The Morgan fingerprint density at radius 2 is 2.00 bits per heavy atom. The standard InChI is InChI=1S/C12H22N2O4S/c1-5-12(3,4)14-10(16)8(2)19-6-9(11(17)18)13-7-15/h7-9H,5-6H2,1-4H3,(H,13,15)(H,14,16)(H,17,18). The third-order valence-electron chi connectivity index (χ3n) is 2.79. The number of hydrogen-bond donors (Lipinski definition) is 3. The molecule has 0 aliphatic rings. The minimum atomic E-state index is -1.11. The minimum Gasteiger partial charge on any atom is -0.480 e. The van der Waals surface area contributed by atoms with Crippen LogP contribution < -0.4 is 10.6 Å². The molecule has 0 aliphatic carbocycles. The van der Waals surface area contributed by atoms with Crippen LogP contribution in [0, 0.1) is 0 Å².